The van der Waals surface area contributed by atoms with Crippen LogP contribution >= 0.6 is 0 Å². The zero-order valence-corrected chi connectivity index (χ0v) is 10.7. The topological polar surface area (TPSA) is 46.3 Å². The van der Waals surface area contributed by atoms with Gasteiger partial charge in [0.2, 0.25) is 5.91 Å². The third-order valence-electron chi connectivity index (χ3n) is 2.82. The van der Waals surface area contributed by atoms with Crippen molar-refractivity contribution in [2.45, 2.75) is 32.2 Å². The summed E-state index contributed by atoms with van der Waals surface area (Å²) in [4.78, 5) is 13.2. The van der Waals surface area contributed by atoms with Crippen molar-refractivity contribution in [3.05, 3.63) is 35.9 Å². The molecule has 3 heteroatoms. The Morgan fingerprint density at radius 1 is 1.29 bits per heavy atom. The van der Waals surface area contributed by atoms with E-state index >= 15 is 0 Å². The maximum absolute atomic E-state index is 11.5. The predicted molar refractivity (Wildman–Crippen MR) is 70.7 cm³/mol. The van der Waals surface area contributed by atoms with Crippen LogP contribution in [-0.4, -0.2) is 30.4 Å². The molecule has 17 heavy (non-hydrogen) atoms. The van der Waals surface area contributed by atoms with Crippen molar-refractivity contribution in [2.24, 2.45) is 5.73 Å². The van der Waals surface area contributed by atoms with E-state index in [4.69, 9.17) is 5.73 Å². The second-order valence-electron chi connectivity index (χ2n) is 4.49. The van der Waals surface area contributed by atoms with Gasteiger partial charge in [0, 0.05) is 13.6 Å². The zero-order valence-electron chi connectivity index (χ0n) is 10.7. The van der Waals surface area contributed by atoms with Crippen LogP contribution in [0.1, 0.15) is 25.3 Å². The van der Waals surface area contributed by atoms with E-state index in [2.05, 4.69) is 24.3 Å². The van der Waals surface area contributed by atoms with E-state index in [1.54, 1.807) is 11.8 Å². The van der Waals surface area contributed by atoms with E-state index < -0.39 is 6.04 Å². The number of amides is 1. The first kappa shape index (κ1) is 13.7. The number of nitrogens with zero attached hydrogens (tertiary/aromatic N) is 1. The number of hydrogen-bond donors (Lipinski definition) is 1. The van der Waals surface area contributed by atoms with E-state index in [1.165, 1.54) is 5.56 Å². The summed E-state index contributed by atoms with van der Waals surface area (Å²) in [7, 11) is 1.81. The number of nitrogens with two attached hydrogens (primary N) is 1. The lowest BCUT2D eigenvalue weighted by Crippen LogP contribution is -2.40. The molecule has 1 aromatic rings. The molecule has 0 bridgehead atoms. The Hall–Kier alpha value is -1.35. The van der Waals surface area contributed by atoms with Crippen LogP contribution in [0.3, 0.4) is 0 Å². The highest BCUT2D eigenvalue weighted by atomic mass is 16.2. The molecule has 3 nitrogen and oxygen atoms in total. The number of aryl methyl sites for hydroxylation is 1. The number of likely N-dealkylation sites (N-methyl/N-ethyl adjacent to an activating group) is 1. The highest BCUT2D eigenvalue weighted by Gasteiger charge is 2.12. The lowest BCUT2D eigenvalue weighted by atomic mass is 10.1. The van der Waals surface area contributed by atoms with Crippen LogP contribution in [0.4, 0.5) is 0 Å². The van der Waals surface area contributed by atoms with E-state index in [9.17, 15) is 4.79 Å². The van der Waals surface area contributed by atoms with Gasteiger partial charge in [-0.1, -0.05) is 30.3 Å². The molecule has 0 fully saturated rings. The molecule has 0 radical (unpaired) electrons. The molecule has 1 atom stereocenters. The van der Waals surface area contributed by atoms with Gasteiger partial charge in [0.05, 0.1) is 6.04 Å². The molecule has 0 aliphatic heterocycles. The quantitative estimate of drug-likeness (QED) is 0.763. The van der Waals surface area contributed by atoms with Gasteiger partial charge in [-0.25, -0.2) is 0 Å². The second kappa shape index (κ2) is 7.07. The molecule has 1 rings (SSSR count). The number of carbonyl (C=O) groups excluding carboxylic acids is 1. The van der Waals surface area contributed by atoms with E-state index in [0.717, 1.165) is 25.8 Å². The Morgan fingerprint density at radius 3 is 2.53 bits per heavy atom. The van der Waals surface area contributed by atoms with Crippen LogP contribution < -0.4 is 5.73 Å². The second-order valence-corrected chi connectivity index (χ2v) is 4.49. The van der Waals surface area contributed by atoms with Gasteiger partial charge in [0.15, 0.2) is 0 Å². The van der Waals surface area contributed by atoms with Crippen molar-refractivity contribution in [3.8, 4) is 0 Å². The van der Waals surface area contributed by atoms with Gasteiger partial charge in [-0.2, -0.15) is 0 Å². The maximum Gasteiger partial charge on any atom is 0.238 e. The van der Waals surface area contributed by atoms with Gasteiger partial charge in [0.25, 0.3) is 0 Å². The van der Waals surface area contributed by atoms with Gasteiger partial charge >= 0.3 is 0 Å². The Kier molecular flexibility index (Phi) is 5.70. The maximum atomic E-state index is 11.5. The van der Waals surface area contributed by atoms with Crippen molar-refractivity contribution >= 4 is 5.91 Å². The van der Waals surface area contributed by atoms with Gasteiger partial charge in [-0.05, 0) is 31.7 Å². The van der Waals surface area contributed by atoms with Crippen LogP contribution in [0, 0.1) is 0 Å². The summed E-state index contributed by atoms with van der Waals surface area (Å²) in [5, 5.41) is 0. The molecule has 1 aromatic carbocycles. The van der Waals surface area contributed by atoms with Gasteiger partial charge < -0.3 is 10.6 Å². The summed E-state index contributed by atoms with van der Waals surface area (Å²) in [6.45, 7) is 2.51. The van der Waals surface area contributed by atoms with Crippen LogP contribution in [0.5, 0.6) is 0 Å². The van der Waals surface area contributed by atoms with Crippen LogP contribution in [0.25, 0.3) is 0 Å². The van der Waals surface area contributed by atoms with E-state index in [1.807, 2.05) is 13.1 Å². The summed E-state index contributed by atoms with van der Waals surface area (Å²) in [5.41, 5.74) is 6.90. The van der Waals surface area contributed by atoms with Crippen molar-refractivity contribution < 1.29 is 4.79 Å². The van der Waals surface area contributed by atoms with Gasteiger partial charge in [-0.3, -0.25) is 4.79 Å². The normalized spacial score (nSPS) is 12.2. The Bertz CT molecular complexity index is 335. The average molecular weight is 234 g/mol. The molecular formula is C14H22N2O. The highest BCUT2D eigenvalue weighted by molar-refractivity contribution is 5.80. The van der Waals surface area contributed by atoms with Gasteiger partial charge in [-0.15, -0.1) is 0 Å². The Morgan fingerprint density at radius 2 is 1.94 bits per heavy atom. The SMILES string of the molecule is C[C@H](N)C(=O)N(C)CCCCc1ccccc1. The third kappa shape index (κ3) is 5.00. The molecule has 0 aromatic heterocycles. The fraction of sp³-hybridized carbons (Fsp3) is 0.500. The molecule has 1 amide bonds. The lowest BCUT2D eigenvalue weighted by molar-refractivity contribution is -0.130. The molecule has 94 valence electrons. The first-order valence-electron chi connectivity index (χ1n) is 6.15. The number of benzene rings is 1. The smallest absolute Gasteiger partial charge is 0.238 e. The van der Waals surface area contributed by atoms with Crippen molar-refractivity contribution in [3.63, 3.8) is 0 Å². The molecule has 0 saturated carbocycles. The molecule has 2 N–H and O–H groups in total. The summed E-state index contributed by atoms with van der Waals surface area (Å²) >= 11 is 0. The Labute approximate surface area is 104 Å². The summed E-state index contributed by atoms with van der Waals surface area (Å²) in [6.07, 6.45) is 3.19. The summed E-state index contributed by atoms with van der Waals surface area (Å²) in [6, 6.07) is 10.0. The number of carbonyl (C=O) groups is 1. The number of unbranched alkanes of at least 4 members (excludes halogenated alkanes) is 1. The van der Waals surface area contributed by atoms with Crippen molar-refractivity contribution in [1.82, 2.24) is 4.90 Å². The minimum absolute atomic E-state index is 0.0183. The van der Waals surface area contributed by atoms with Crippen LogP contribution in [0.15, 0.2) is 30.3 Å². The average Bonchev–Trinajstić information content (AvgIpc) is 2.34. The largest absolute Gasteiger partial charge is 0.344 e. The lowest BCUT2D eigenvalue weighted by Gasteiger charge is -2.19. The van der Waals surface area contributed by atoms with E-state index in [-0.39, 0.29) is 5.91 Å². The first-order valence-corrected chi connectivity index (χ1v) is 6.15. The molecule has 0 unspecified atom stereocenters. The van der Waals surface area contributed by atoms with Gasteiger partial charge in [0.1, 0.15) is 0 Å². The monoisotopic (exact) mass is 234 g/mol. The fourth-order valence-corrected chi connectivity index (χ4v) is 1.78. The molecule has 0 saturated heterocycles. The fourth-order valence-electron chi connectivity index (χ4n) is 1.78. The van der Waals surface area contributed by atoms with Crippen molar-refractivity contribution in [1.29, 1.82) is 0 Å². The minimum Gasteiger partial charge on any atom is -0.344 e. The molecule has 0 heterocycles. The third-order valence-corrected chi connectivity index (χ3v) is 2.82. The molecule has 0 aliphatic rings. The standard InChI is InChI=1S/C14H22N2O/c1-12(15)14(17)16(2)11-7-6-10-13-8-4-3-5-9-13/h3-5,8-9,12H,6-7,10-11,15H2,1-2H3/t12-/m0/s1. The molecule has 0 aliphatic carbocycles. The Balaban J connectivity index is 2.18. The molecular weight excluding hydrogens is 212 g/mol. The minimum atomic E-state index is -0.394. The summed E-state index contributed by atoms with van der Waals surface area (Å²) < 4.78 is 0. The summed E-state index contributed by atoms with van der Waals surface area (Å²) in [5.74, 6) is 0.0183. The zero-order chi connectivity index (χ0) is 12.7. The highest BCUT2D eigenvalue weighted by Crippen LogP contribution is 2.05. The molecule has 0 spiro atoms. The van der Waals surface area contributed by atoms with E-state index in [0.29, 0.717) is 0 Å². The number of hydrogen-bond acceptors (Lipinski definition) is 2. The first-order chi connectivity index (χ1) is 8.11. The van der Waals surface area contributed by atoms with Crippen molar-refractivity contribution in [2.75, 3.05) is 13.6 Å². The number of rotatable bonds is 6. The van der Waals surface area contributed by atoms with Crippen LogP contribution in [-0.2, 0) is 11.2 Å². The van der Waals surface area contributed by atoms with Crippen LogP contribution in [0.2, 0.25) is 0 Å². The predicted octanol–water partition coefficient (Wildman–Crippen LogP) is 1.81.